The van der Waals surface area contributed by atoms with E-state index in [1.807, 2.05) is 24.3 Å². The van der Waals surface area contributed by atoms with Gasteiger partial charge in [0.25, 0.3) is 5.91 Å². The molecule has 0 bridgehead atoms. The number of anilines is 1. The number of hydrogen-bond acceptors (Lipinski definition) is 6. The predicted octanol–water partition coefficient (Wildman–Crippen LogP) is 1.66. The Morgan fingerprint density at radius 1 is 1.30 bits per heavy atom. The number of sulfone groups is 1. The maximum absolute atomic E-state index is 12.2. The Hall–Kier alpha value is -2.61. The first-order chi connectivity index (χ1) is 12.9. The van der Waals surface area contributed by atoms with E-state index in [0.29, 0.717) is 30.8 Å². The van der Waals surface area contributed by atoms with E-state index in [-0.39, 0.29) is 23.5 Å². The van der Waals surface area contributed by atoms with Crippen LogP contribution < -0.4 is 15.4 Å². The van der Waals surface area contributed by atoms with Crippen molar-refractivity contribution in [2.75, 3.05) is 30.5 Å². The van der Waals surface area contributed by atoms with Crippen LogP contribution in [0, 0.1) is 0 Å². The largest absolute Gasteiger partial charge is 0.497 e. The lowest BCUT2D eigenvalue weighted by molar-refractivity contribution is 0.0954. The highest BCUT2D eigenvalue weighted by molar-refractivity contribution is 7.91. The Balaban J connectivity index is 1.48. The van der Waals surface area contributed by atoms with Crippen molar-refractivity contribution >= 4 is 21.6 Å². The quantitative estimate of drug-likeness (QED) is 0.748. The van der Waals surface area contributed by atoms with Gasteiger partial charge >= 0.3 is 0 Å². The van der Waals surface area contributed by atoms with Gasteiger partial charge in [-0.15, -0.1) is 0 Å². The fourth-order valence-corrected chi connectivity index (χ4v) is 4.66. The predicted molar refractivity (Wildman–Crippen MR) is 104 cm³/mol. The fourth-order valence-electron chi connectivity index (χ4n) is 2.98. The molecule has 8 heteroatoms. The summed E-state index contributed by atoms with van der Waals surface area (Å²) in [6.45, 7) is 0.506. The van der Waals surface area contributed by atoms with Crippen molar-refractivity contribution in [3.8, 4) is 5.75 Å². The van der Waals surface area contributed by atoms with E-state index in [2.05, 4.69) is 15.6 Å². The summed E-state index contributed by atoms with van der Waals surface area (Å²) in [5, 5.41) is 5.97. The van der Waals surface area contributed by atoms with Crippen molar-refractivity contribution in [3.05, 3.63) is 53.7 Å². The van der Waals surface area contributed by atoms with Crippen LogP contribution >= 0.6 is 0 Å². The SMILES string of the molecule is COc1cccc(CCNC(=O)c2ccc(NC3CCS(=O)(=O)C3)nc2)c1. The van der Waals surface area contributed by atoms with Gasteiger partial charge in [0.1, 0.15) is 11.6 Å². The van der Waals surface area contributed by atoms with Crippen molar-refractivity contribution < 1.29 is 17.9 Å². The van der Waals surface area contributed by atoms with Gasteiger partial charge in [-0.1, -0.05) is 12.1 Å². The van der Waals surface area contributed by atoms with Gasteiger partial charge in [0, 0.05) is 18.8 Å². The molecule has 3 rings (SSSR count). The highest BCUT2D eigenvalue weighted by Gasteiger charge is 2.27. The summed E-state index contributed by atoms with van der Waals surface area (Å²) in [6.07, 6.45) is 2.77. The van der Waals surface area contributed by atoms with E-state index in [1.165, 1.54) is 6.20 Å². The molecule has 1 unspecified atom stereocenters. The first kappa shape index (κ1) is 19.2. The molecule has 1 aliphatic rings. The number of methoxy groups -OCH3 is 1. The van der Waals surface area contributed by atoms with Crippen LogP contribution in [0.4, 0.5) is 5.82 Å². The van der Waals surface area contributed by atoms with Crippen molar-refractivity contribution in [3.63, 3.8) is 0 Å². The van der Waals surface area contributed by atoms with Gasteiger partial charge in [0.15, 0.2) is 9.84 Å². The molecule has 2 N–H and O–H groups in total. The number of aromatic nitrogens is 1. The molecule has 1 amide bonds. The second kappa shape index (κ2) is 8.39. The van der Waals surface area contributed by atoms with Gasteiger partial charge in [0.2, 0.25) is 0 Å². The van der Waals surface area contributed by atoms with Crippen molar-refractivity contribution in [2.45, 2.75) is 18.9 Å². The van der Waals surface area contributed by atoms with Gasteiger partial charge in [0.05, 0.1) is 24.2 Å². The van der Waals surface area contributed by atoms with Crippen LogP contribution in [0.3, 0.4) is 0 Å². The number of pyridine rings is 1. The van der Waals surface area contributed by atoms with Crippen LogP contribution in [-0.4, -0.2) is 50.5 Å². The van der Waals surface area contributed by atoms with E-state index >= 15 is 0 Å². The van der Waals surface area contributed by atoms with E-state index in [9.17, 15) is 13.2 Å². The van der Waals surface area contributed by atoms with Gasteiger partial charge in [-0.05, 0) is 42.7 Å². The lowest BCUT2D eigenvalue weighted by Gasteiger charge is -2.12. The third kappa shape index (κ3) is 5.43. The molecule has 27 heavy (non-hydrogen) atoms. The second-order valence-electron chi connectivity index (χ2n) is 6.53. The fraction of sp³-hybridized carbons (Fsp3) is 0.368. The van der Waals surface area contributed by atoms with Crippen LogP contribution in [0.25, 0.3) is 0 Å². The van der Waals surface area contributed by atoms with Gasteiger partial charge in [-0.2, -0.15) is 0 Å². The van der Waals surface area contributed by atoms with Crippen molar-refractivity contribution in [2.24, 2.45) is 0 Å². The maximum Gasteiger partial charge on any atom is 0.252 e. The Morgan fingerprint density at radius 3 is 2.81 bits per heavy atom. The lowest BCUT2D eigenvalue weighted by atomic mass is 10.1. The zero-order valence-corrected chi connectivity index (χ0v) is 16.0. The molecule has 1 aromatic heterocycles. The van der Waals surface area contributed by atoms with E-state index in [1.54, 1.807) is 19.2 Å². The molecule has 0 aliphatic carbocycles. The molecule has 2 aromatic rings. The standard InChI is InChI=1S/C19H23N3O4S/c1-26-17-4-2-3-14(11-17)7-9-20-19(23)15-5-6-18(21-12-15)22-16-8-10-27(24,25)13-16/h2-6,11-12,16H,7-10,13H2,1H3,(H,20,23)(H,21,22). The van der Waals surface area contributed by atoms with Gasteiger partial charge in [-0.25, -0.2) is 13.4 Å². The molecule has 2 heterocycles. The topological polar surface area (TPSA) is 97.4 Å². The molecule has 1 aromatic carbocycles. The summed E-state index contributed by atoms with van der Waals surface area (Å²) in [7, 11) is -1.31. The molecular formula is C19H23N3O4S. The number of nitrogens with one attached hydrogen (secondary N) is 2. The van der Waals surface area contributed by atoms with Gasteiger partial charge in [-0.3, -0.25) is 4.79 Å². The molecular weight excluding hydrogens is 366 g/mol. The summed E-state index contributed by atoms with van der Waals surface area (Å²) >= 11 is 0. The van der Waals surface area contributed by atoms with Crippen LogP contribution in [0.5, 0.6) is 5.75 Å². The summed E-state index contributed by atoms with van der Waals surface area (Å²) in [4.78, 5) is 16.4. The monoisotopic (exact) mass is 389 g/mol. The molecule has 1 saturated heterocycles. The molecule has 0 radical (unpaired) electrons. The maximum atomic E-state index is 12.2. The van der Waals surface area contributed by atoms with Crippen LogP contribution in [-0.2, 0) is 16.3 Å². The van der Waals surface area contributed by atoms with E-state index in [4.69, 9.17) is 4.74 Å². The number of benzene rings is 1. The lowest BCUT2D eigenvalue weighted by Crippen LogP contribution is -2.26. The van der Waals surface area contributed by atoms with Crippen molar-refractivity contribution in [1.82, 2.24) is 10.3 Å². The number of rotatable bonds is 7. The molecule has 1 aliphatic heterocycles. The minimum absolute atomic E-state index is 0.120. The number of ether oxygens (including phenoxy) is 1. The Morgan fingerprint density at radius 2 is 2.15 bits per heavy atom. The van der Waals surface area contributed by atoms with Gasteiger partial charge < -0.3 is 15.4 Å². The number of carbonyl (C=O) groups excluding carboxylic acids is 1. The highest BCUT2D eigenvalue weighted by atomic mass is 32.2. The minimum Gasteiger partial charge on any atom is -0.497 e. The van der Waals surface area contributed by atoms with Crippen LogP contribution in [0.1, 0.15) is 22.3 Å². The minimum atomic E-state index is -2.94. The highest BCUT2D eigenvalue weighted by Crippen LogP contribution is 2.16. The Kier molecular flexibility index (Phi) is 5.95. The zero-order chi connectivity index (χ0) is 19.3. The molecule has 0 saturated carbocycles. The molecule has 7 nitrogen and oxygen atoms in total. The number of hydrogen-bond donors (Lipinski definition) is 2. The molecule has 0 spiro atoms. The average molecular weight is 389 g/mol. The molecule has 1 fully saturated rings. The Labute approximate surface area is 159 Å². The third-order valence-electron chi connectivity index (χ3n) is 4.44. The van der Waals surface area contributed by atoms with E-state index < -0.39 is 9.84 Å². The third-order valence-corrected chi connectivity index (χ3v) is 6.21. The van der Waals surface area contributed by atoms with Crippen LogP contribution in [0.2, 0.25) is 0 Å². The normalized spacial score (nSPS) is 18.0. The van der Waals surface area contributed by atoms with Crippen molar-refractivity contribution in [1.29, 1.82) is 0 Å². The molecule has 1 atom stereocenters. The van der Waals surface area contributed by atoms with E-state index in [0.717, 1.165) is 11.3 Å². The summed E-state index contributed by atoms with van der Waals surface area (Å²) in [5.74, 6) is 1.51. The Bertz CT molecular complexity index is 897. The smallest absolute Gasteiger partial charge is 0.252 e. The zero-order valence-electron chi connectivity index (χ0n) is 15.1. The average Bonchev–Trinajstić information content (AvgIpc) is 3.00. The second-order valence-corrected chi connectivity index (χ2v) is 8.76. The number of amides is 1. The summed E-state index contributed by atoms with van der Waals surface area (Å²) in [6, 6.07) is 11.0. The number of nitrogens with zero attached hydrogens (tertiary/aromatic N) is 1. The summed E-state index contributed by atoms with van der Waals surface area (Å²) < 4.78 is 28.2. The molecule has 144 valence electrons. The first-order valence-electron chi connectivity index (χ1n) is 8.79. The first-order valence-corrected chi connectivity index (χ1v) is 10.6. The van der Waals surface area contributed by atoms with Crippen LogP contribution in [0.15, 0.2) is 42.6 Å². The number of carbonyl (C=O) groups is 1. The summed E-state index contributed by atoms with van der Waals surface area (Å²) in [5.41, 5.74) is 1.55.